The summed E-state index contributed by atoms with van der Waals surface area (Å²) in [6.07, 6.45) is 3.01. The fraction of sp³-hybridized carbons (Fsp3) is 0.0667. The average Bonchev–Trinajstić information content (AvgIpc) is 3.30. The van der Waals surface area contributed by atoms with Crippen LogP contribution in [0.1, 0.15) is 5.89 Å². The lowest BCUT2D eigenvalue weighted by molar-refractivity contribution is 0.364. The normalized spacial score (nSPS) is 10.8. The van der Waals surface area contributed by atoms with Crippen molar-refractivity contribution in [2.75, 3.05) is 0 Å². The first-order chi connectivity index (χ1) is 12.3. The maximum Gasteiger partial charge on any atom is 0.248 e. The zero-order valence-electron chi connectivity index (χ0n) is 12.7. The van der Waals surface area contributed by atoms with E-state index in [0.29, 0.717) is 28.9 Å². The summed E-state index contributed by atoms with van der Waals surface area (Å²) >= 11 is 0. The van der Waals surface area contributed by atoms with Gasteiger partial charge in [-0.25, -0.2) is 14.1 Å². The zero-order valence-corrected chi connectivity index (χ0v) is 12.7. The SMILES string of the molecule is Fc1ccc(Oc2ccc(-c3noc(Cn4cnnn4)n3)cn2)cc1. The Morgan fingerprint density at radius 3 is 2.72 bits per heavy atom. The van der Waals surface area contributed by atoms with Crippen LogP contribution in [0.5, 0.6) is 11.6 Å². The van der Waals surface area contributed by atoms with Crippen LogP contribution in [0.25, 0.3) is 11.4 Å². The van der Waals surface area contributed by atoms with Crippen molar-refractivity contribution in [2.45, 2.75) is 6.54 Å². The molecule has 10 heteroatoms. The van der Waals surface area contributed by atoms with Gasteiger partial charge < -0.3 is 9.26 Å². The molecule has 0 N–H and O–H groups in total. The number of tetrazole rings is 1. The highest BCUT2D eigenvalue weighted by atomic mass is 19.1. The van der Waals surface area contributed by atoms with E-state index >= 15 is 0 Å². The van der Waals surface area contributed by atoms with Crippen LogP contribution in [0.3, 0.4) is 0 Å². The van der Waals surface area contributed by atoms with Gasteiger partial charge in [-0.05, 0) is 40.8 Å². The van der Waals surface area contributed by atoms with E-state index < -0.39 is 0 Å². The van der Waals surface area contributed by atoms with Crippen LogP contribution < -0.4 is 4.74 Å². The third-order valence-electron chi connectivity index (χ3n) is 3.19. The number of ether oxygens (including phenoxy) is 1. The van der Waals surface area contributed by atoms with Crippen molar-refractivity contribution in [3.8, 4) is 23.0 Å². The minimum atomic E-state index is -0.328. The molecule has 3 heterocycles. The predicted octanol–water partition coefficient (Wildman–Crippen LogP) is 2.10. The average molecular weight is 339 g/mol. The van der Waals surface area contributed by atoms with Gasteiger partial charge in [-0.15, -0.1) is 5.10 Å². The Labute approximate surface area is 140 Å². The molecule has 0 fully saturated rings. The largest absolute Gasteiger partial charge is 0.439 e. The summed E-state index contributed by atoms with van der Waals surface area (Å²) in [5.74, 6) is 1.29. The summed E-state index contributed by atoms with van der Waals surface area (Å²) in [4.78, 5) is 8.44. The number of benzene rings is 1. The van der Waals surface area contributed by atoms with Crippen LogP contribution in [0.15, 0.2) is 53.4 Å². The second-order valence-corrected chi connectivity index (χ2v) is 4.96. The van der Waals surface area contributed by atoms with Crippen LogP contribution in [0.2, 0.25) is 0 Å². The molecule has 0 aliphatic rings. The molecule has 9 nitrogen and oxygen atoms in total. The van der Waals surface area contributed by atoms with Gasteiger partial charge in [0.1, 0.15) is 24.4 Å². The first kappa shape index (κ1) is 14.9. The smallest absolute Gasteiger partial charge is 0.248 e. The van der Waals surface area contributed by atoms with E-state index in [1.807, 2.05) is 0 Å². The molecule has 4 rings (SSSR count). The second-order valence-electron chi connectivity index (χ2n) is 4.96. The van der Waals surface area contributed by atoms with Crippen LogP contribution in [-0.2, 0) is 6.54 Å². The van der Waals surface area contributed by atoms with E-state index in [4.69, 9.17) is 9.26 Å². The van der Waals surface area contributed by atoms with E-state index in [0.717, 1.165) is 0 Å². The molecule has 0 aliphatic carbocycles. The molecule has 0 bridgehead atoms. The van der Waals surface area contributed by atoms with Gasteiger partial charge in [0, 0.05) is 17.8 Å². The summed E-state index contributed by atoms with van der Waals surface area (Å²) in [6.45, 7) is 0.277. The Balaban J connectivity index is 1.46. The highest BCUT2D eigenvalue weighted by Gasteiger charge is 2.10. The molecule has 124 valence electrons. The zero-order chi connectivity index (χ0) is 17.1. The maximum absolute atomic E-state index is 12.9. The molecule has 0 unspecified atom stereocenters. The minimum absolute atomic E-state index is 0.277. The maximum atomic E-state index is 12.9. The summed E-state index contributed by atoms with van der Waals surface area (Å²) < 4.78 is 25.0. The second kappa shape index (κ2) is 6.43. The Morgan fingerprint density at radius 2 is 2.00 bits per heavy atom. The number of aromatic nitrogens is 7. The van der Waals surface area contributed by atoms with E-state index in [-0.39, 0.29) is 12.4 Å². The molecule has 0 saturated carbocycles. The Bertz CT molecular complexity index is 952. The summed E-state index contributed by atoms with van der Waals surface area (Å²) in [5.41, 5.74) is 0.665. The van der Waals surface area contributed by atoms with Crippen molar-refractivity contribution in [2.24, 2.45) is 0 Å². The number of halogens is 1. The highest BCUT2D eigenvalue weighted by molar-refractivity contribution is 5.53. The number of rotatable bonds is 5. The monoisotopic (exact) mass is 339 g/mol. The van der Waals surface area contributed by atoms with Crippen molar-refractivity contribution in [1.82, 2.24) is 35.3 Å². The van der Waals surface area contributed by atoms with Gasteiger partial charge in [-0.3, -0.25) is 0 Å². The quantitative estimate of drug-likeness (QED) is 0.544. The third kappa shape index (κ3) is 3.47. The van der Waals surface area contributed by atoms with E-state index in [9.17, 15) is 4.39 Å². The third-order valence-corrected chi connectivity index (χ3v) is 3.19. The molecule has 0 atom stereocenters. The van der Waals surface area contributed by atoms with E-state index in [1.54, 1.807) is 18.3 Å². The number of nitrogens with zero attached hydrogens (tertiary/aromatic N) is 7. The van der Waals surface area contributed by atoms with Crippen molar-refractivity contribution in [3.05, 3.63) is 60.6 Å². The van der Waals surface area contributed by atoms with Crippen molar-refractivity contribution < 1.29 is 13.7 Å². The first-order valence-corrected chi connectivity index (χ1v) is 7.19. The van der Waals surface area contributed by atoms with Gasteiger partial charge in [0.25, 0.3) is 0 Å². The highest BCUT2D eigenvalue weighted by Crippen LogP contribution is 2.22. The van der Waals surface area contributed by atoms with Gasteiger partial charge in [0.2, 0.25) is 17.6 Å². The van der Waals surface area contributed by atoms with Crippen LogP contribution in [0, 0.1) is 5.82 Å². The molecule has 0 spiro atoms. The van der Waals surface area contributed by atoms with Crippen molar-refractivity contribution in [3.63, 3.8) is 0 Å². The number of pyridine rings is 1. The van der Waals surface area contributed by atoms with Gasteiger partial charge in [-0.1, -0.05) is 5.16 Å². The molecule has 0 radical (unpaired) electrons. The molecule has 0 saturated heterocycles. The molecule has 4 aromatic rings. The van der Waals surface area contributed by atoms with E-state index in [2.05, 4.69) is 30.7 Å². The molecule has 0 aliphatic heterocycles. The minimum Gasteiger partial charge on any atom is -0.439 e. The number of hydrogen-bond acceptors (Lipinski definition) is 8. The fourth-order valence-electron chi connectivity index (χ4n) is 2.02. The lowest BCUT2D eigenvalue weighted by atomic mass is 10.3. The van der Waals surface area contributed by atoms with Crippen molar-refractivity contribution in [1.29, 1.82) is 0 Å². The lowest BCUT2D eigenvalue weighted by Crippen LogP contribution is -2.00. The topological polar surface area (TPSA) is 105 Å². The van der Waals surface area contributed by atoms with Crippen LogP contribution in [-0.4, -0.2) is 35.3 Å². The standard InChI is InChI=1S/C15H10FN7O2/c16-11-2-4-12(5-3-11)24-13-6-1-10(7-17-13)15-19-14(25-20-15)8-23-9-18-21-22-23/h1-7,9H,8H2. The van der Waals surface area contributed by atoms with Gasteiger partial charge >= 0.3 is 0 Å². The van der Waals surface area contributed by atoms with Gasteiger partial charge in [0.05, 0.1) is 0 Å². The molecule has 0 amide bonds. The summed E-state index contributed by atoms with van der Waals surface area (Å²) in [6, 6.07) is 9.09. The molecule has 3 aromatic heterocycles. The lowest BCUT2D eigenvalue weighted by Gasteiger charge is -2.04. The summed E-state index contributed by atoms with van der Waals surface area (Å²) in [5, 5.41) is 14.7. The summed E-state index contributed by atoms with van der Waals surface area (Å²) in [7, 11) is 0. The number of hydrogen-bond donors (Lipinski definition) is 0. The first-order valence-electron chi connectivity index (χ1n) is 7.19. The molecule has 25 heavy (non-hydrogen) atoms. The molecular formula is C15H10FN7O2. The Morgan fingerprint density at radius 1 is 1.12 bits per heavy atom. The van der Waals surface area contributed by atoms with Gasteiger partial charge in [0.15, 0.2) is 0 Å². The van der Waals surface area contributed by atoms with E-state index in [1.165, 1.54) is 35.3 Å². The van der Waals surface area contributed by atoms with Crippen molar-refractivity contribution >= 4 is 0 Å². The predicted molar refractivity (Wildman–Crippen MR) is 80.9 cm³/mol. The Hall–Kier alpha value is -3.69. The Kier molecular flexibility index (Phi) is 3.83. The molecular weight excluding hydrogens is 329 g/mol. The molecule has 1 aromatic carbocycles. The van der Waals surface area contributed by atoms with Gasteiger partial charge in [-0.2, -0.15) is 4.98 Å². The van der Waals surface area contributed by atoms with Crippen LogP contribution >= 0.6 is 0 Å². The fourth-order valence-corrected chi connectivity index (χ4v) is 2.02. The van der Waals surface area contributed by atoms with Crippen LogP contribution in [0.4, 0.5) is 4.39 Å².